The van der Waals surface area contributed by atoms with E-state index >= 15 is 0 Å². The summed E-state index contributed by atoms with van der Waals surface area (Å²) >= 11 is 6.21. The predicted octanol–water partition coefficient (Wildman–Crippen LogP) is 5.62. The van der Waals surface area contributed by atoms with E-state index in [-0.39, 0.29) is 17.3 Å². The molecule has 0 N–H and O–H groups in total. The molecule has 0 unspecified atom stereocenters. The van der Waals surface area contributed by atoms with E-state index in [0.717, 1.165) is 22.4 Å². The van der Waals surface area contributed by atoms with Gasteiger partial charge in [0.05, 0.1) is 10.6 Å². The second kappa shape index (κ2) is 11.2. The van der Waals surface area contributed by atoms with E-state index in [9.17, 15) is 13.2 Å². The third-order valence-corrected chi connectivity index (χ3v) is 8.90. The maximum absolute atomic E-state index is 13.7. The van der Waals surface area contributed by atoms with Crippen LogP contribution in [0, 0.1) is 13.8 Å². The first kappa shape index (κ1) is 27.0. The highest BCUT2D eigenvalue weighted by Gasteiger charge is 2.30. The number of hydrogen-bond donors (Lipinski definition) is 0. The molecule has 0 atom stereocenters. The van der Waals surface area contributed by atoms with Crippen LogP contribution in [0.1, 0.15) is 36.5 Å². The highest BCUT2D eigenvalue weighted by molar-refractivity contribution is 7.92. The van der Waals surface area contributed by atoms with Gasteiger partial charge in [-0.3, -0.25) is 9.10 Å². The second-order valence-electron chi connectivity index (χ2n) is 9.87. The van der Waals surface area contributed by atoms with Gasteiger partial charge in [0.2, 0.25) is 5.91 Å². The van der Waals surface area contributed by atoms with Gasteiger partial charge in [0.1, 0.15) is 6.54 Å². The molecule has 3 aromatic carbocycles. The van der Waals surface area contributed by atoms with Crippen LogP contribution in [0.4, 0.5) is 11.4 Å². The van der Waals surface area contributed by atoms with Crippen LogP contribution < -0.4 is 9.21 Å². The standard InChI is InChI=1S/C29H34ClN3O3S/c1-21(2)24-8-11-26(12-9-24)33(37(35,36)27-13-5-22(3)6-14-27)20-29(34)32-17-15-31(16-18-32)28-19-25(30)10-7-23(28)4/h5-14,19,21H,15-18,20H2,1-4H3. The minimum absolute atomic E-state index is 0.167. The summed E-state index contributed by atoms with van der Waals surface area (Å²) in [6.45, 7) is 10.2. The van der Waals surface area contributed by atoms with Crippen LogP contribution >= 0.6 is 11.6 Å². The molecule has 0 spiro atoms. The van der Waals surface area contributed by atoms with Crippen LogP contribution in [-0.4, -0.2) is 51.9 Å². The fourth-order valence-electron chi connectivity index (χ4n) is 4.52. The average molecular weight is 540 g/mol. The summed E-state index contributed by atoms with van der Waals surface area (Å²) in [5.41, 5.74) is 4.75. The van der Waals surface area contributed by atoms with E-state index in [1.165, 1.54) is 4.31 Å². The molecule has 6 nitrogen and oxygen atoms in total. The van der Waals surface area contributed by atoms with Gasteiger partial charge >= 0.3 is 0 Å². The minimum Gasteiger partial charge on any atom is -0.368 e. The van der Waals surface area contributed by atoms with Gasteiger partial charge in [0.15, 0.2) is 0 Å². The molecule has 1 aliphatic heterocycles. The summed E-state index contributed by atoms with van der Waals surface area (Å²) in [6, 6.07) is 20.0. The quantitative estimate of drug-likeness (QED) is 0.391. The van der Waals surface area contributed by atoms with Crippen molar-refractivity contribution < 1.29 is 13.2 Å². The second-order valence-corrected chi connectivity index (χ2v) is 12.2. The van der Waals surface area contributed by atoms with Crippen LogP contribution in [0.2, 0.25) is 5.02 Å². The summed E-state index contributed by atoms with van der Waals surface area (Å²) in [7, 11) is -3.94. The number of carbonyl (C=O) groups excluding carboxylic acids is 1. The number of nitrogens with zero attached hydrogens (tertiary/aromatic N) is 3. The number of carbonyl (C=O) groups is 1. The van der Waals surface area contributed by atoms with Crippen molar-refractivity contribution in [1.82, 2.24) is 4.90 Å². The summed E-state index contributed by atoms with van der Waals surface area (Å²) in [5.74, 6) is 0.100. The van der Waals surface area contributed by atoms with Crippen LogP contribution in [0.3, 0.4) is 0 Å². The summed E-state index contributed by atoms with van der Waals surface area (Å²) in [6.07, 6.45) is 0. The van der Waals surface area contributed by atoms with E-state index in [1.54, 1.807) is 41.3 Å². The van der Waals surface area contributed by atoms with E-state index < -0.39 is 10.0 Å². The van der Waals surface area contributed by atoms with Gasteiger partial charge in [0.25, 0.3) is 10.0 Å². The number of benzene rings is 3. The summed E-state index contributed by atoms with van der Waals surface area (Å²) < 4.78 is 28.7. The predicted molar refractivity (Wildman–Crippen MR) is 151 cm³/mol. The molecule has 1 amide bonds. The molecule has 0 aliphatic carbocycles. The molecule has 1 fully saturated rings. The third kappa shape index (κ3) is 6.11. The number of piperazine rings is 1. The van der Waals surface area contributed by atoms with Crippen molar-refractivity contribution in [3.05, 3.63) is 88.4 Å². The van der Waals surface area contributed by atoms with Gasteiger partial charge in [-0.2, -0.15) is 0 Å². The number of aryl methyl sites for hydroxylation is 2. The van der Waals surface area contributed by atoms with Gasteiger partial charge in [-0.15, -0.1) is 0 Å². The zero-order valence-electron chi connectivity index (χ0n) is 21.8. The Bertz CT molecular complexity index is 1350. The van der Waals surface area contributed by atoms with E-state index in [1.807, 2.05) is 44.2 Å². The van der Waals surface area contributed by atoms with Gasteiger partial charge in [0, 0.05) is 36.9 Å². The van der Waals surface area contributed by atoms with Crippen molar-refractivity contribution in [2.75, 3.05) is 41.9 Å². The molecule has 196 valence electrons. The Hall–Kier alpha value is -3.03. The minimum atomic E-state index is -3.94. The molecule has 0 radical (unpaired) electrons. The molecule has 1 aliphatic rings. The van der Waals surface area contributed by atoms with Gasteiger partial charge in [-0.05, 0) is 67.3 Å². The maximum Gasteiger partial charge on any atom is 0.264 e. The number of halogens is 1. The SMILES string of the molecule is Cc1ccc(S(=O)(=O)N(CC(=O)N2CCN(c3cc(Cl)ccc3C)CC2)c2ccc(C(C)C)cc2)cc1. The van der Waals surface area contributed by atoms with Crippen LogP contribution in [0.25, 0.3) is 0 Å². The highest BCUT2D eigenvalue weighted by Crippen LogP contribution is 2.28. The zero-order valence-corrected chi connectivity index (χ0v) is 23.4. The molecule has 1 saturated heterocycles. The Labute approximate surface area is 225 Å². The van der Waals surface area contributed by atoms with Gasteiger partial charge in [-0.1, -0.05) is 61.3 Å². The fraction of sp³-hybridized carbons (Fsp3) is 0.345. The molecule has 0 bridgehead atoms. The molecule has 4 rings (SSSR count). The lowest BCUT2D eigenvalue weighted by Gasteiger charge is -2.37. The summed E-state index contributed by atoms with van der Waals surface area (Å²) in [5, 5.41) is 0.680. The van der Waals surface area contributed by atoms with E-state index in [4.69, 9.17) is 11.6 Å². The van der Waals surface area contributed by atoms with E-state index in [2.05, 4.69) is 18.7 Å². The number of hydrogen-bond acceptors (Lipinski definition) is 4. The van der Waals surface area contributed by atoms with Crippen LogP contribution in [-0.2, 0) is 14.8 Å². The smallest absolute Gasteiger partial charge is 0.264 e. The molecule has 1 heterocycles. The first-order valence-corrected chi connectivity index (χ1v) is 14.4. The molecule has 0 aromatic heterocycles. The van der Waals surface area contributed by atoms with Crippen molar-refractivity contribution >= 4 is 38.9 Å². The number of amides is 1. The molecule has 8 heteroatoms. The topological polar surface area (TPSA) is 60.9 Å². The largest absolute Gasteiger partial charge is 0.368 e. The van der Waals surface area contributed by atoms with Crippen molar-refractivity contribution in [3.8, 4) is 0 Å². The van der Waals surface area contributed by atoms with Gasteiger partial charge < -0.3 is 9.80 Å². The van der Waals surface area contributed by atoms with Crippen molar-refractivity contribution in [1.29, 1.82) is 0 Å². The van der Waals surface area contributed by atoms with Crippen molar-refractivity contribution in [2.24, 2.45) is 0 Å². The number of sulfonamides is 1. The van der Waals surface area contributed by atoms with Gasteiger partial charge in [-0.25, -0.2) is 8.42 Å². The van der Waals surface area contributed by atoms with Crippen molar-refractivity contribution in [2.45, 2.75) is 38.5 Å². The Morgan fingerprint density at radius 3 is 2.14 bits per heavy atom. The zero-order chi connectivity index (χ0) is 26.7. The first-order chi connectivity index (χ1) is 17.6. The third-order valence-electron chi connectivity index (χ3n) is 6.88. The Morgan fingerprint density at radius 2 is 1.54 bits per heavy atom. The van der Waals surface area contributed by atoms with E-state index in [0.29, 0.717) is 42.8 Å². The Balaban J connectivity index is 1.55. The molecular formula is C29H34ClN3O3S. The molecular weight excluding hydrogens is 506 g/mol. The Morgan fingerprint density at radius 1 is 0.919 bits per heavy atom. The summed E-state index contributed by atoms with van der Waals surface area (Å²) in [4.78, 5) is 17.6. The molecule has 0 saturated carbocycles. The lowest BCUT2D eigenvalue weighted by molar-refractivity contribution is -0.129. The van der Waals surface area contributed by atoms with Crippen LogP contribution in [0.5, 0.6) is 0 Å². The molecule has 3 aromatic rings. The fourth-order valence-corrected chi connectivity index (χ4v) is 6.10. The number of anilines is 2. The maximum atomic E-state index is 13.7. The normalized spacial score (nSPS) is 14.2. The highest BCUT2D eigenvalue weighted by atomic mass is 35.5. The molecule has 37 heavy (non-hydrogen) atoms. The average Bonchev–Trinajstić information content (AvgIpc) is 2.89. The van der Waals surface area contributed by atoms with Crippen LogP contribution in [0.15, 0.2) is 71.6 Å². The Kier molecular flexibility index (Phi) is 8.14. The monoisotopic (exact) mass is 539 g/mol. The number of rotatable bonds is 7. The van der Waals surface area contributed by atoms with Crippen molar-refractivity contribution in [3.63, 3.8) is 0 Å². The first-order valence-electron chi connectivity index (χ1n) is 12.5. The lowest BCUT2D eigenvalue weighted by Crippen LogP contribution is -2.52. The lowest BCUT2D eigenvalue weighted by atomic mass is 10.0.